The summed E-state index contributed by atoms with van der Waals surface area (Å²) in [5.74, 6) is -0.475. The molecular weight excluding hydrogens is 354 g/mol. The summed E-state index contributed by atoms with van der Waals surface area (Å²) in [4.78, 5) is 16.0. The van der Waals surface area contributed by atoms with Crippen molar-refractivity contribution in [1.82, 2.24) is 20.3 Å². The van der Waals surface area contributed by atoms with Crippen LogP contribution in [0.5, 0.6) is 0 Å². The normalized spacial score (nSPS) is 15.7. The molecule has 2 heterocycles. The summed E-state index contributed by atoms with van der Waals surface area (Å²) < 4.78 is 31.7. The van der Waals surface area contributed by atoms with Gasteiger partial charge in [0.1, 0.15) is 11.6 Å². The lowest BCUT2D eigenvalue weighted by molar-refractivity contribution is 0.170. The fourth-order valence-corrected chi connectivity index (χ4v) is 3.28. The van der Waals surface area contributed by atoms with Crippen molar-refractivity contribution in [2.75, 3.05) is 20.1 Å². The number of halogens is 2. The zero-order valence-corrected chi connectivity index (χ0v) is 15.5. The molecule has 0 saturated carbocycles. The van der Waals surface area contributed by atoms with E-state index >= 15 is 0 Å². The van der Waals surface area contributed by atoms with Gasteiger partial charge in [0.05, 0.1) is 12.2 Å². The predicted octanol–water partition coefficient (Wildman–Crippen LogP) is 3.07. The van der Waals surface area contributed by atoms with Gasteiger partial charge >= 0.3 is 6.03 Å². The van der Waals surface area contributed by atoms with Crippen molar-refractivity contribution >= 4 is 6.03 Å². The maximum absolute atomic E-state index is 13.3. The first-order chi connectivity index (χ1) is 12.9. The third-order valence-electron chi connectivity index (χ3n) is 4.66. The average molecular weight is 378 g/mol. The minimum absolute atomic E-state index is 0.0805. The van der Waals surface area contributed by atoms with Gasteiger partial charge in [-0.2, -0.15) is 0 Å². The van der Waals surface area contributed by atoms with E-state index in [1.807, 2.05) is 6.92 Å². The molecule has 0 atom stereocenters. The number of aryl methyl sites for hydroxylation is 1. The summed E-state index contributed by atoms with van der Waals surface area (Å²) in [6, 6.07) is 5.32. The van der Waals surface area contributed by atoms with E-state index in [1.54, 1.807) is 18.0 Å². The number of benzene rings is 1. The maximum Gasteiger partial charge on any atom is 0.317 e. The number of carbonyl (C=O) groups is 1. The first kappa shape index (κ1) is 19.3. The van der Waals surface area contributed by atoms with Gasteiger partial charge in [0, 0.05) is 44.9 Å². The fourth-order valence-electron chi connectivity index (χ4n) is 3.28. The van der Waals surface area contributed by atoms with Gasteiger partial charge < -0.3 is 14.7 Å². The summed E-state index contributed by atoms with van der Waals surface area (Å²) in [7, 11) is 1.71. The molecule has 2 amide bonds. The van der Waals surface area contributed by atoms with E-state index in [2.05, 4.69) is 15.4 Å². The Bertz CT molecular complexity index is 768. The van der Waals surface area contributed by atoms with Crippen LogP contribution < -0.4 is 5.32 Å². The Morgan fingerprint density at radius 1 is 1.26 bits per heavy atom. The highest BCUT2D eigenvalue weighted by atomic mass is 19.1. The van der Waals surface area contributed by atoms with Crippen LogP contribution in [0.3, 0.4) is 0 Å². The summed E-state index contributed by atoms with van der Waals surface area (Å²) in [6.07, 6.45) is 1.58. The Labute approximate surface area is 157 Å². The number of carbonyl (C=O) groups excluding carboxylic acids is 1. The molecule has 0 bridgehead atoms. The molecule has 1 saturated heterocycles. The van der Waals surface area contributed by atoms with Crippen molar-refractivity contribution < 1.29 is 18.1 Å². The molecule has 0 unspecified atom stereocenters. The minimum Gasteiger partial charge on any atom is -0.359 e. The smallest absolute Gasteiger partial charge is 0.317 e. The van der Waals surface area contributed by atoms with E-state index < -0.39 is 11.6 Å². The molecule has 1 aliphatic rings. The van der Waals surface area contributed by atoms with E-state index in [0.29, 0.717) is 24.4 Å². The second kappa shape index (κ2) is 8.47. The molecule has 0 spiro atoms. The molecule has 0 radical (unpaired) electrons. The largest absolute Gasteiger partial charge is 0.359 e. The molecule has 3 rings (SSSR count). The number of hydrogen-bond donors (Lipinski definition) is 1. The Balaban J connectivity index is 1.44. The SMILES string of the molecule is Cc1cc(CN(C)C(=O)NC2CCN(Cc3cc(F)cc(F)c3)CC2)on1. The number of rotatable bonds is 5. The highest BCUT2D eigenvalue weighted by molar-refractivity contribution is 5.74. The fraction of sp³-hybridized carbons (Fsp3) is 0.474. The van der Waals surface area contributed by atoms with Crippen LogP contribution in [0, 0.1) is 18.6 Å². The second-order valence-corrected chi connectivity index (χ2v) is 7.07. The number of amides is 2. The van der Waals surface area contributed by atoms with E-state index in [4.69, 9.17) is 4.52 Å². The summed E-state index contributed by atoms with van der Waals surface area (Å²) >= 11 is 0. The first-order valence-electron chi connectivity index (χ1n) is 9.00. The van der Waals surface area contributed by atoms with Crippen molar-refractivity contribution in [2.45, 2.75) is 38.9 Å². The van der Waals surface area contributed by atoms with Crippen LogP contribution in [0.1, 0.15) is 29.9 Å². The Kier molecular flexibility index (Phi) is 6.05. The summed E-state index contributed by atoms with van der Waals surface area (Å²) in [5.41, 5.74) is 1.40. The van der Waals surface area contributed by atoms with Crippen molar-refractivity contribution in [1.29, 1.82) is 0 Å². The van der Waals surface area contributed by atoms with Gasteiger partial charge in [-0.15, -0.1) is 0 Å². The van der Waals surface area contributed by atoms with Gasteiger partial charge in [-0.1, -0.05) is 5.16 Å². The Hall–Kier alpha value is -2.48. The van der Waals surface area contributed by atoms with Crippen molar-refractivity contribution in [3.63, 3.8) is 0 Å². The number of nitrogens with one attached hydrogen (secondary N) is 1. The standard InChI is InChI=1S/C19H24F2N4O2/c1-13-7-18(27-23-13)12-24(2)19(26)22-17-3-5-25(6-4-17)11-14-8-15(20)10-16(21)9-14/h7-10,17H,3-6,11-12H2,1-2H3,(H,22,26). The van der Waals surface area contributed by atoms with Gasteiger partial charge in [-0.25, -0.2) is 13.6 Å². The van der Waals surface area contributed by atoms with Crippen LogP contribution in [0.4, 0.5) is 13.6 Å². The van der Waals surface area contributed by atoms with Gasteiger partial charge in [-0.3, -0.25) is 4.90 Å². The molecule has 1 aromatic heterocycles. The number of nitrogens with zero attached hydrogens (tertiary/aromatic N) is 3. The van der Waals surface area contributed by atoms with Crippen molar-refractivity contribution in [3.8, 4) is 0 Å². The molecule has 2 aromatic rings. The highest BCUT2D eigenvalue weighted by Crippen LogP contribution is 2.16. The lowest BCUT2D eigenvalue weighted by Gasteiger charge is -2.33. The quantitative estimate of drug-likeness (QED) is 0.869. The van der Waals surface area contributed by atoms with Gasteiger partial charge in [-0.05, 0) is 37.5 Å². The highest BCUT2D eigenvalue weighted by Gasteiger charge is 2.22. The van der Waals surface area contributed by atoms with Crippen LogP contribution in [-0.2, 0) is 13.1 Å². The molecular formula is C19H24F2N4O2. The monoisotopic (exact) mass is 378 g/mol. The van der Waals surface area contributed by atoms with Gasteiger partial charge in [0.25, 0.3) is 0 Å². The van der Waals surface area contributed by atoms with E-state index in [0.717, 1.165) is 37.7 Å². The first-order valence-corrected chi connectivity index (χ1v) is 9.00. The van der Waals surface area contributed by atoms with Crippen LogP contribution >= 0.6 is 0 Å². The average Bonchev–Trinajstić information content (AvgIpc) is 3.00. The zero-order chi connectivity index (χ0) is 19.4. The van der Waals surface area contributed by atoms with Gasteiger partial charge in [0.2, 0.25) is 0 Å². The lowest BCUT2D eigenvalue weighted by Crippen LogP contribution is -2.48. The van der Waals surface area contributed by atoms with E-state index in [-0.39, 0.29) is 12.1 Å². The molecule has 27 heavy (non-hydrogen) atoms. The molecule has 0 aliphatic carbocycles. The third kappa shape index (κ3) is 5.50. The summed E-state index contributed by atoms with van der Waals surface area (Å²) in [5, 5.41) is 6.84. The van der Waals surface area contributed by atoms with Crippen molar-refractivity contribution in [3.05, 3.63) is 52.9 Å². The second-order valence-electron chi connectivity index (χ2n) is 7.07. The number of urea groups is 1. The molecule has 6 nitrogen and oxygen atoms in total. The number of hydrogen-bond acceptors (Lipinski definition) is 4. The molecule has 1 N–H and O–H groups in total. The van der Waals surface area contributed by atoms with Crippen molar-refractivity contribution in [2.24, 2.45) is 0 Å². The number of aromatic nitrogens is 1. The van der Waals surface area contributed by atoms with Crippen LogP contribution in [0.2, 0.25) is 0 Å². The number of piperidine rings is 1. The van der Waals surface area contributed by atoms with Crippen LogP contribution in [-0.4, -0.2) is 47.2 Å². The predicted molar refractivity (Wildman–Crippen MR) is 95.9 cm³/mol. The Morgan fingerprint density at radius 2 is 1.93 bits per heavy atom. The van der Waals surface area contributed by atoms with E-state index in [9.17, 15) is 13.6 Å². The minimum atomic E-state index is -0.558. The topological polar surface area (TPSA) is 61.6 Å². The maximum atomic E-state index is 13.3. The van der Waals surface area contributed by atoms with Gasteiger partial charge in [0.15, 0.2) is 5.76 Å². The molecule has 1 aromatic carbocycles. The van der Waals surface area contributed by atoms with E-state index in [1.165, 1.54) is 12.1 Å². The molecule has 8 heteroatoms. The summed E-state index contributed by atoms with van der Waals surface area (Å²) in [6.45, 7) is 4.21. The van der Waals surface area contributed by atoms with Crippen LogP contribution in [0.15, 0.2) is 28.8 Å². The number of likely N-dealkylation sites (tertiary alicyclic amines) is 1. The molecule has 1 aliphatic heterocycles. The zero-order valence-electron chi connectivity index (χ0n) is 15.5. The Morgan fingerprint density at radius 3 is 2.52 bits per heavy atom. The molecule has 146 valence electrons. The lowest BCUT2D eigenvalue weighted by atomic mass is 10.0. The van der Waals surface area contributed by atoms with Crippen LogP contribution in [0.25, 0.3) is 0 Å². The molecule has 1 fully saturated rings. The third-order valence-corrected chi connectivity index (χ3v) is 4.66.